The first-order valence-electron chi connectivity index (χ1n) is 6.83. The highest BCUT2D eigenvalue weighted by atomic mass is 32.2. The van der Waals surface area contributed by atoms with Crippen molar-refractivity contribution in [3.05, 3.63) is 47.7 Å². The smallest absolute Gasteiger partial charge is 0.335 e. The van der Waals surface area contributed by atoms with E-state index in [-0.39, 0.29) is 27.3 Å². The van der Waals surface area contributed by atoms with Gasteiger partial charge in [-0.05, 0) is 36.8 Å². The first-order chi connectivity index (χ1) is 11.2. The molecule has 0 aliphatic heterocycles. The molecular weight excluding hydrogens is 352 g/mol. The number of thiol groups is 1. The molecule has 1 aromatic carbocycles. The van der Waals surface area contributed by atoms with E-state index in [1.165, 1.54) is 25.3 Å². The number of nitrogens with zero attached hydrogens (tertiary/aromatic N) is 1. The van der Waals surface area contributed by atoms with Crippen LogP contribution in [0.15, 0.2) is 41.4 Å². The molecule has 2 N–H and O–H groups in total. The molecule has 0 aliphatic carbocycles. The number of anilines is 1. The molecule has 1 aromatic heterocycles. The van der Waals surface area contributed by atoms with E-state index >= 15 is 0 Å². The lowest BCUT2D eigenvalue weighted by molar-refractivity contribution is 0.0696. The van der Waals surface area contributed by atoms with Gasteiger partial charge in [0.2, 0.25) is 5.88 Å². The Kier molecular flexibility index (Phi) is 5.35. The van der Waals surface area contributed by atoms with E-state index in [9.17, 15) is 13.2 Å². The molecule has 0 bridgehead atoms. The van der Waals surface area contributed by atoms with Crippen LogP contribution in [-0.4, -0.2) is 31.6 Å². The minimum atomic E-state index is -4.00. The maximum atomic E-state index is 12.5. The van der Waals surface area contributed by atoms with E-state index in [1.807, 2.05) is 6.92 Å². The number of aromatic nitrogens is 1. The summed E-state index contributed by atoms with van der Waals surface area (Å²) < 4.78 is 32.5. The zero-order valence-electron chi connectivity index (χ0n) is 12.9. The van der Waals surface area contributed by atoms with Crippen molar-refractivity contribution in [1.29, 1.82) is 0 Å². The molecule has 0 saturated heterocycles. The summed E-state index contributed by atoms with van der Waals surface area (Å²) >= 11 is 4.29. The fourth-order valence-corrected chi connectivity index (χ4v) is 3.17. The van der Waals surface area contributed by atoms with Crippen LogP contribution in [0.1, 0.15) is 28.1 Å². The normalized spacial score (nSPS) is 12.5. The van der Waals surface area contributed by atoms with E-state index in [1.54, 1.807) is 12.3 Å². The molecule has 1 unspecified atom stereocenters. The summed E-state index contributed by atoms with van der Waals surface area (Å²) in [5.41, 5.74) is 0.730. The number of carbonyl (C=O) groups is 1. The number of hydrogen-bond acceptors (Lipinski definition) is 6. The number of benzene rings is 1. The summed E-state index contributed by atoms with van der Waals surface area (Å²) in [6.45, 7) is 1.82. The Morgan fingerprint density at radius 2 is 2.08 bits per heavy atom. The van der Waals surface area contributed by atoms with E-state index in [0.717, 1.165) is 6.07 Å². The van der Waals surface area contributed by atoms with Crippen molar-refractivity contribution in [3.63, 3.8) is 0 Å². The van der Waals surface area contributed by atoms with Crippen LogP contribution in [0.5, 0.6) is 5.88 Å². The summed E-state index contributed by atoms with van der Waals surface area (Å²) in [6.07, 6.45) is 1.54. The number of hydrogen-bond donors (Lipinski definition) is 3. The Labute approximate surface area is 145 Å². The third-order valence-electron chi connectivity index (χ3n) is 3.18. The number of aromatic carboxylic acids is 1. The first-order valence-corrected chi connectivity index (χ1v) is 8.82. The summed E-state index contributed by atoms with van der Waals surface area (Å²) in [4.78, 5) is 14.9. The van der Waals surface area contributed by atoms with Gasteiger partial charge in [0.05, 0.1) is 17.6 Å². The summed E-state index contributed by atoms with van der Waals surface area (Å²) in [7, 11) is -2.63. The van der Waals surface area contributed by atoms with Crippen LogP contribution in [-0.2, 0) is 10.0 Å². The quantitative estimate of drug-likeness (QED) is 0.677. The van der Waals surface area contributed by atoms with Gasteiger partial charge in [0, 0.05) is 11.4 Å². The van der Waals surface area contributed by atoms with Crippen molar-refractivity contribution in [3.8, 4) is 5.88 Å². The van der Waals surface area contributed by atoms with Gasteiger partial charge in [0.25, 0.3) is 10.0 Å². The lowest BCUT2D eigenvalue weighted by Gasteiger charge is -2.13. The van der Waals surface area contributed by atoms with Gasteiger partial charge < -0.3 is 9.84 Å². The average Bonchev–Trinajstić information content (AvgIpc) is 2.54. The van der Waals surface area contributed by atoms with Gasteiger partial charge in [-0.3, -0.25) is 4.72 Å². The zero-order valence-corrected chi connectivity index (χ0v) is 14.6. The minimum Gasteiger partial charge on any atom is -0.480 e. The van der Waals surface area contributed by atoms with Gasteiger partial charge in [0.15, 0.2) is 0 Å². The Hall–Kier alpha value is -2.26. The van der Waals surface area contributed by atoms with Crippen molar-refractivity contribution < 1.29 is 23.1 Å². The number of pyridine rings is 1. The molecule has 128 valence electrons. The monoisotopic (exact) mass is 368 g/mol. The number of sulfonamides is 1. The second-order valence-electron chi connectivity index (χ2n) is 4.94. The maximum absolute atomic E-state index is 12.5. The molecule has 0 fully saturated rings. The predicted molar refractivity (Wildman–Crippen MR) is 92.4 cm³/mol. The number of rotatable bonds is 6. The number of carboxylic acid groups (broad SMARTS) is 1. The highest BCUT2D eigenvalue weighted by molar-refractivity contribution is 7.92. The van der Waals surface area contributed by atoms with Crippen molar-refractivity contribution in [2.45, 2.75) is 17.1 Å². The van der Waals surface area contributed by atoms with Crippen molar-refractivity contribution in [1.82, 2.24) is 4.98 Å². The second kappa shape index (κ2) is 7.10. The Morgan fingerprint density at radius 1 is 1.38 bits per heavy atom. The van der Waals surface area contributed by atoms with E-state index in [2.05, 4.69) is 22.3 Å². The molecule has 0 saturated carbocycles. The number of carboxylic acids is 1. The van der Waals surface area contributed by atoms with Gasteiger partial charge in [-0.15, -0.1) is 0 Å². The largest absolute Gasteiger partial charge is 0.480 e. The number of ether oxygens (including phenoxy) is 1. The molecule has 7 nitrogen and oxygen atoms in total. The molecule has 9 heteroatoms. The lowest BCUT2D eigenvalue weighted by atomic mass is 10.2. The van der Waals surface area contributed by atoms with Crippen LogP contribution in [0.2, 0.25) is 0 Å². The molecular formula is C15H16N2O5S2. The van der Waals surface area contributed by atoms with Gasteiger partial charge in [-0.1, -0.05) is 6.07 Å². The van der Waals surface area contributed by atoms with Gasteiger partial charge in [0.1, 0.15) is 5.69 Å². The zero-order chi connectivity index (χ0) is 17.9. The van der Waals surface area contributed by atoms with Crippen LogP contribution < -0.4 is 9.46 Å². The Bertz CT molecular complexity index is 866. The van der Waals surface area contributed by atoms with Gasteiger partial charge >= 0.3 is 5.97 Å². The highest BCUT2D eigenvalue weighted by Gasteiger charge is 2.19. The number of nitrogens with one attached hydrogen (secondary N) is 1. The van der Waals surface area contributed by atoms with Crippen molar-refractivity contribution >= 4 is 34.3 Å². The molecule has 1 heterocycles. The summed E-state index contributed by atoms with van der Waals surface area (Å²) in [6, 6.07) is 6.63. The Balaban J connectivity index is 2.44. The van der Waals surface area contributed by atoms with Gasteiger partial charge in [-0.2, -0.15) is 12.6 Å². The standard InChI is InChI=1S/C15H16N2O5S2/c1-9(23)11-7-13(14(22-2)16-8-11)17-24(20,21)12-5-3-4-10(6-12)15(18)19/h3-9,17,23H,1-2H3,(H,18,19). The molecule has 0 aliphatic rings. The molecule has 0 radical (unpaired) electrons. The molecule has 24 heavy (non-hydrogen) atoms. The maximum Gasteiger partial charge on any atom is 0.335 e. The van der Waals surface area contributed by atoms with E-state index < -0.39 is 16.0 Å². The predicted octanol–water partition coefficient (Wildman–Crippen LogP) is 2.58. The highest BCUT2D eigenvalue weighted by Crippen LogP contribution is 2.29. The van der Waals surface area contributed by atoms with Crippen LogP contribution >= 0.6 is 12.6 Å². The second-order valence-corrected chi connectivity index (χ2v) is 7.40. The molecule has 0 amide bonds. The molecule has 2 rings (SSSR count). The summed E-state index contributed by atoms with van der Waals surface area (Å²) in [5.74, 6) is -1.11. The third kappa shape index (κ3) is 3.98. The SMILES string of the molecule is COc1ncc(C(C)S)cc1NS(=O)(=O)c1cccc(C(=O)O)c1. The molecule has 0 spiro atoms. The average molecular weight is 368 g/mol. The fourth-order valence-electron chi connectivity index (χ4n) is 1.93. The molecule has 1 atom stereocenters. The van der Waals surface area contributed by atoms with E-state index in [0.29, 0.717) is 5.56 Å². The van der Waals surface area contributed by atoms with Crippen LogP contribution in [0.4, 0.5) is 5.69 Å². The van der Waals surface area contributed by atoms with Crippen molar-refractivity contribution in [2.75, 3.05) is 11.8 Å². The fraction of sp³-hybridized carbons (Fsp3) is 0.200. The van der Waals surface area contributed by atoms with Crippen LogP contribution in [0.3, 0.4) is 0 Å². The Morgan fingerprint density at radius 3 is 2.67 bits per heavy atom. The van der Waals surface area contributed by atoms with E-state index in [4.69, 9.17) is 9.84 Å². The first kappa shape index (κ1) is 18.1. The van der Waals surface area contributed by atoms with Crippen molar-refractivity contribution in [2.24, 2.45) is 0 Å². The van der Waals surface area contributed by atoms with Gasteiger partial charge in [-0.25, -0.2) is 18.2 Å². The lowest BCUT2D eigenvalue weighted by Crippen LogP contribution is -2.15. The minimum absolute atomic E-state index is 0.102. The van der Waals surface area contributed by atoms with Crippen LogP contribution in [0.25, 0.3) is 0 Å². The summed E-state index contributed by atoms with van der Waals surface area (Å²) in [5, 5.41) is 8.84. The molecule has 2 aromatic rings. The van der Waals surface area contributed by atoms with Crippen LogP contribution in [0, 0.1) is 0 Å². The third-order valence-corrected chi connectivity index (χ3v) is 4.84. The topological polar surface area (TPSA) is 106 Å². The number of methoxy groups -OCH3 is 1.